The first-order valence-corrected chi connectivity index (χ1v) is 11.4. The van der Waals surface area contributed by atoms with Gasteiger partial charge in [-0.15, -0.1) is 11.8 Å². The number of piperazine rings is 1. The molecule has 2 atom stereocenters. The van der Waals surface area contributed by atoms with E-state index in [1.54, 1.807) is 11.8 Å². The summed E-state index contributed by atoms with van der Waals surface area (Å²) in [6.45, 7) is 9.71. The molecule has 0 radical (unpaired) electrons. The molecule has 2 aliphatic heterocycles. The van der Waals surface area contributed by atoms with Crippen LogP contribution < -0.4 is 10.2 Å². The third-order valence-corrected chi connectivity index (χ3v) is 7.13. The molecular weight excluding hydrogens is 396 g/mol. The van der Waals surface area contributed by atoms with Crippen molar-refractivity contribution in [3.05, 3.63) is 34.9 Å². The Morgan fingerprint density at radius 3 is 2.71 bits per heavy atom. The van der Waals surface area contributed by atoms with E-state index in [1.165, 1.54) is 4.90 Å². The molecule has 2 saturated heterocycles. The molecule has 3 rings (SSSR count). The molecule has 2 fully saturated rings. The topological polar surface area (TPSA) is 57.1 Å². The number of nitrogens with zero attached hydrogens (tertiary/aromatic N) is 2. The lowest BCUT2D eigenvalue weighted by Crippen LogP contribution is -3.15. The van der Waals surface area contributed by atoms with Crippen molar-refractivity contribution in [1.82, 2.24) is 15.1 Å². The number of nitrogens with one attached hydrogen (secondary N) is 2. The van der Waals surface area contributed by atoms with Crippen LogP contribution in [0, 0.1) is 0 Å². The zero-order valence-corrected chi connectivity index (χ0v) is 18.2. The average molecular weight is 426 g/mol. The Kier molecular flexibility index (Phi) is 7.48. The van der Waals surface area contributed by atoms with Gasteiger partial charge in [-0.2, -0.15) is 0 Å². The maximum absolute atomic E-state index is 12.7. The van der Waals surface area contributed by atoms with Gasteiger partial charge in [-0.1, -0.05) is 36.7 Å². The van der Waals surface area contributed by atoms with Gasteiger partial charge < -0.3 is 20.0 Å². The highest BCUT2D eigenvalue weighted by molar-refractivity contribution is 8.01. The maximum Gasteiger partial charge on any atom is 0.317 e. The number of hydrogen-bond acceptors (Lipinski definition) is 3. The summed E-state index contributed by atoms with van der Waals surface area (Å²) in [6.07, 6.45) is 0.948. The highest BCUT2D eigenvalue weighted by Gasteiger charge is 2.39. The van der Waals surface area contributed by atoms with Crippen LogP contribution in [0.5, 0.6) is 0 Å². The molecule has 0 bridgehead atoms. The summed E-state index contributed by atoms with van der Waals surface area (Å²) in [6, 6.07) is 7.83. The third kappa shape index (κ3) is 4.93. The minimum Gasteiger partial charge on any atom is -0.338 e. The number of quaternary nitrogens is 1. The number of halogens is 1. The summed E-state index contributed by atoms with van der Waals surface area (Å²) < 4.78 is 0. The van der Waals surface area contributed by atoms with E-state index in [9.17, 15) is 9.59 Å². The van der Waals surface area contributed by atoms with Crippen molar-refractivity contribution in [2.75, 3.05) is 45.8 Å². The number of hydrogen-bond donors (Lipinski definition) is 2. The lowest BCUT2D eigenvalue weighted by atomic mass is 10.2. The third-order valence-electron chi connectivity index (χ3n) is 5.41. The number of carbonyl (C=O) groups is 2. The molecule has 1 aromatic carbocycles. The van der Waals surface area contributed by atoms with E-state index in [0.29, 0.717) is 11.6 Å². The Labute approximate surface area is 176 Å². The molecule has 154 valence electrons. The van der Waals surface area contributed by atoms with Gasteiger partial charge in [0, 0.05) is 17.1 Å². The first-order valence-electron chi connectivity index (χ1n) is 10.1. The molecule has 2 heterocycles. The highest BCUT2D eigenvalue weighted by Crippen LogP contribution is 2.44. The van der Waals surface area contributed by atoms with Gasteiger partial charge >= 0.3 is 6.03 Å². The van der Waals surface area contributed by atoms with Gasteiger partial charge in [0.05, 0.1) is 44.5 Å². The van der Waals surface area contributed by atoms with E-state index < -0.39 is 0 Å². The Morgan fingerprint density at radius 1 is 1.32 bits per heavy atom. The van der Waals surface area contributed by atoms with Crippen LogP contribution in [0.15, 0.2) is 24.3 Å². The van der Waals surface area contributed by atoms with Gasteiger partial charge in [-0.3, -0.25) is 4.79 Å². The number of urea groups is 1. The fourth-order valence-electron chi connectivity index (χ4n) is 3.72. The number of carbonyl (C=O) groups excluding carboxylic acids is 2. The predicted octanol–water partition coefficient (Wildman–Crippen LogP) is 1.62. The molecule has 0 aromatic heterocycles. The molecule has 0 spiro atoms. The van der Waals surface area contributed by atoms with E-state index in [0.717, 1.165) is 51.3 Å². The summed E-state index contributed by atoms with van der Waals surface area (Å²) >= 11 is 8.06. The van der Waals surface area contributed by atoms with E-state index in [2.05, 4.69) is 12.2 Å². The summed E-state index contributed by atoms with van der Waals surface area (Å²) in [5, 5.41) is 3.59. The van der Waals surface area contributed by atoms with Gasteiger partial charge in [-0.05, 0) is 19.4 Å². The summed E-state index contributed by atoms with van der Waals surface area (Å²) in [5.74, 6) is 0.187. The molecule has 2 aliphatic rings. The van der Waals surface area contributed by atoms with Crippen molar-refractivity contribution in [2.24, 2.45) is 0 Å². The minimum absolute atomic E-state index is 0.0169. The van der Waals surface area contributed by atoms with Gasteiger partial charge in [-0.25, -0.2) is 4.79 Å². The van der Waals surface area contributed by atoms with E-state index >= 15 is 0 Å². The molecule has 3 amide bonds. The van der Waals surface area contributed by atoms with Crippen LogP contribution >= 0.6 is 23.4 Å². The van der Waals surface area contributed by atoms with Crippen LogP contribution in [0.25, 0.3) is 0 Å². The molecule has 8 heteroatoms. The van der Waals surface area contributed by atoms with Crippen LogP contribution in [0.2, 0.25) is 5.02 Å². The zero-order valence-electron chi connectivity index (χ0n) is 16.6. The predicted molar refractivity (Wildman–Crippen MR) is 114 cm³/mol. The molecule has 6 nitrogen and oxygen atoms in total. The Hall–Kier alpha value is -1.44. The summed E-state index contributed by atoms with van der Waals surface area (Å²) in [7, 11) is 0. The molecule has 0 unspecified atom stereocenters. The van der Waals surface area contributed by atoms with Crippen molar-refractivity contribution in [2.45, 2.75) is 30.9 Å². The lowest BCUT2D eigenvalue weighted by Gasteiger charge is -2.33. The molecule has 2 N–H and O–H groups in total. The van der Waals surface area contributed by atoms with Crippen molar-refractivity contribution in [1.29, 1.82) is 0 Å². The SMILES string of the molecule is CCCNC(=O)N1CC[NH+](CCN2C(=O)[C@H](C)S[C@H]2c2ccccc2Cl)CC1. The molecule has 1 aromatic rings. The Morgan fingerprint density at radius 2 is 2.04 bits per heavy atom. The quantitative estimate of drug-likeness (QED) is 0.728. The minimum atomic E-state index is -0.0459. The maximum atomic E-state index is 12.7. The van der Waals surface area contributed by atoms with Gasteiger partial charge in [0.1, 0.15) is 5.37 Å². The fourth-order valence-corrected chi connectivity index (χ4v) is 5.37. The van der Waals surface area contributed by atoms with Crippen LogP contribution in [0.1, 0.15) is 31.2 Å². The monoisotopic (exact) mass is 425 g/mol. The second-order valence-electron chi connectivity index (χ2n) is 7.40. The van der Waals surface area contributed by atoms with E-state index in [1.807, 2.05) is 41.0 Å². The average Bonchev–Trinajstić information content (AvgIpc) is 2.99. The standard InChI is InChI=1S/C20H29ClN4O2S/c1-3-8-22-20(27)24-12-9-23(10-13-24)11-14-25-18(26)15(2)28-19(25)16-6-4-5-7-17(16)21/h4-7,15,19H,3,8-14H2,1-2H3,(H,22,27)/p+1/t15-,19-/m0/s1. The fraction of sp³-hybridized carbons (Fsp3) is 0.600. The van der Waals surface area contributed by atoms with Crippen molar-refractivity contribution < 1.29 is 14.5 Å². The smallest absolute Gasteiger partial charge is 0.317 e. The number of rotatable bonds is 6. The lowest BCUT2D eigenvalue weighted by molar-refractivity contribution is -0.903. The van der Waals surface area contributed by atoms with Crippen molar-refractivity contribution >= 4 is 35.3 Å². The van der Waals surface area contributed by atoms with Crippen LogP contribution in [-0.4, -0.2) is 72.8 Å². The summed E-state index contributed by atoms with van der Waals surface area (Å²) in [5.41, 5.74) is 1.01. The van der Waals surface area contributed by atoms with Crippen LogP contribution in [0.4, 0.5) is 4.79 Å². The van der Waals surface area contributed by atoms with E-state index in [-0.39, 0.29) is 22.6 Å². The van der Waals surface area contributed by atoms with Crippen LogP contribution in [-0.2, 0) is 4.79 Å². The van der Waals surface area contributed by atoms with Gasteiger partial charge in [0.25, 0.3) is 0 Å². The summed E-state index contributed by atoms with van der Waals surface area (Å²) in [4.78, 5) is 30.1. The molecule has 0 saturated carbocycles. The normalized spacial score (nSPS) is 23.3. The zero-order chi connectivity index (χ0) is 20.1. The van der Waals surface area contributed by atoms with Crippen molar-refractivity contribution in [3.63, 3.8) is 0 Å². The first kappa shape index (κ1) is 21.3. The van der Waals surface area contributed by atoms with Crippen molar-refractivity contribution in [3.8, 4) is 0 Å². The van der Waals surface area contributed by atoms with Gasteiger partial charge in [0.2, 0.25) is 5.91 Å². The Bertz CT molecular complexity index is 697. The molecule has 28 heavy (non-hydrogen) atoms. The number of amides is 3. The second-order valence-corrected chi connectivity index (χ2v) is 9.24. The Balaban J connectivity index is 1.54. The first-order chi connectivity index (χ1) is 13.5. The molecular formula is C20H30ClN4O2S+. The number of benzene rings is 1. The largest absolute Gasteiger partial charge is 0.338 e. The van der Waals surface area contributed by atoms with Crippen LogP contribution in [0.3, 0.4) is 0 Å². The number of thioether (sulfide) groups is 1. The second kappa shape index (κ2) is 9.85. The van der Waals surface area contributed by atoms with E-state index in [4.69, 9.17) is 11.6 Å². The highest BCUT2D eigenvalue weighted by atomic mass is 35.5. The van der Waals surface area contributed by atoms with Gasteiger partial charge in [0.15, 0.2) is 0 Å². The molecule has 0 aliphatic carbocycles.